The predicted molar refractivity (Wildman–Crippen MR) is 153 cm³/mol. The van der Waals surface area contributed by atoms with Gasteiger partial charge < -0.3 is 15.6 Å². The van der Waals surface area contributed by atoms with Gasteiger partial charge >= 0.3 is 0 Å². The lowest BCUT2D eigenvalue weighted by Gasteiger charge is -2.11. The second kappa shape index (κ2) is 10.7. The molecular weight excluding hydrogens is 456 g/mol. The standard InChI is InChI=1S/C16H13N3.C15H15N3/c1-11-4-6-14(8-12(11)2)19-10-18-15-7-5-13(17-3)9-16(15)19;1-10-4-5-13(8-11(10)2)18-15-9-12(17-3)6-7-14(15)16/h4-10H,1-2H3;4-9,18H,16H2,1-2H3. The molecule has 4 aromatic carbocycles. The first-order chi connectivity index (χ1) is 17.8. The Bertz CT molecular complexity index is 1680. The summed E-state index contributed by atoms with van der Waals surface area (Å²) in [6.07, 6.45) is 1.81. The zero-order chi connectivity index (χ0) is 26.5. The van der Waals surface area contributed by atoms with E-state index in [1.54, 1.807) is 24.3 Å². The van der Waals surface area contributed by atoms with Crippen molar-refractivity contribution in [2.45, 2.75) is 27.7 Å². The van der Waals surface area contributed by atoms with Crippen LogP contribution in [0.4, 0.5) is 28.4 Å². The summed E-state index contributed by atoms with van der Waals surface area (Å²) in [5, 5.41) is 3.25. The molecule has 0 saturated carbocycles. The van der Waals surface area contributed by atoms with Crippen molar-refractivity contribution >= 4 is 39.5 Å². The quantitative estimate of drug-likeness (QED) is 0.200. The number of nitrogens with one attached hydrogen (secondary N) is 1. The van der Waals surface area contributed by atoms with Gasteiger partial charge in [-0.3, -0.25) is 0 Å². The van der Waals surface area contributed by atoms with E-state index in [1.165, 1.54) is 22.3 Å². The Hall–Kier alpha value is -5.07. The van der Waals surface area contributed by atoms with Gasteiger partial charge in [0.1, 0.15) is 6.33 Å². The van der Waals surface area contributed by atoms with Crippen LogP contribution in [0.1, 0.15) is 22.3 Å². The first-order valence-electron chi connectivity index (χ1n) is 11.8. The highest BCUT2D eigenvalue weighted by molar-refractivity contribution is 5.81. The Morgan fingerprint density at radius 1 is 0.730 bits per heavy atom. The molecule has 0 unspecified atom stereocenters. The Balaban J connectivity index is 0.000000173. The molecular formula is C31H28N6. The summed E-state index contributed by atoms with van der Waals surface area (Å²) in [6, 6.07) is 23.3. The summed E-state index contributed by atoms with van der Waals surface area (Å²) >= 11 is 0. The van der Waals surface area contributed by atoms with E-state index >= 15 is 0 Å². The fourth-order valence-electron chi connectivity index (χ4n) is 3.84. The zero-order valence-corrected chi connectivity index (χ0v) is 21.4. The van der Waals surface area contributed by atoms with Crippen LogP contribution in [0.5, 0.6) is 0 Å². The summed E-state index contributed by atoms with van der Waals surface area (Å²) in [6.45, 7) is 22.5. The number of fused-ring (bicyclic) bond motifs is 1. The van der Waals surface area contributed by atoms with Gasteiger partial charge in [-0.2, -0.15) is 0 Å². The molecule has 0 amide bonds. The third-order valence-corrected chi connectivity index (χ3v) is 6.38. The first-order valence-corrected chi connectivity index (χ1v) is 11.8. The summed E-state index contributed by atoms with van der Waals surface area (Å²) in [4.78, 5) is 11.3. The molecule has 0 saturated heterocycles. The molecule has 182 valence electrons. The summed E-state index contributed by atoms with van der Waals surface area (Å²) in [5.74, 6) is 0. The average molecular weight is 485 g/mol. The van der Waals surface area contributed by atoms with Crippen molar-refractivity contribution < 1.29 is 0 Å². The van der Waals surface area contributed by atoms with E-state index in [0.29, 0.717) is 17.1 Å². The van der Waals surface area contributed by atoms with Gasteiger partial charge in [0.2, 0.25) is 0 Å². The topological polar surface area (TPSA) is 64.6 Å². The van der Waals surface area contributed by atoms with Gasteiger partial charge in [0.05, 0.1) is 35.6 Å². The molecule has 0 aliphatic rings. The number of nitrogens with two attached hydrogens (primary N) is 1. The molecule has 0 spiro atoms. The summed E-state index contributed by atoms with van der Waals surface area (Å²) < 4.78 is 2.02. The highest BCUT2D eigenvalue weighted by atomic mass is 15.0. The normalized spacial score (nSPS) is 10.2. The molecule has 5 aromatic rings. The summed E-state index contributed by atoms with van der Waals surface area (Å²) in [7, 11) is 0. The highest BCUT2D eigenvalue weighted by Crippen LogP contribution is 2.29. The fraction of sp³-hybridized carbons (Fsp3) is 0.129. The molecule has 1 heterocycles. The van der Waals surface area contributed by atoms with Crippen molar-refractivity contribution in [2.24, 2.45) is 0 Å². The molecule has 0 atom stereocenters. The van der Waals surface area contributed by atoms with Crippen molar-refractivity contribution in [3.8, 4) is 5.69 Å². The van der Waals surface area contributed by atoms with E-state index in [-0.39, 0.29) is 0 Å². The minimum Gasteiger partial charge on any atom is -0.397 e. The van der Waals surface area contributed by atoms with Gasteiger partial charge in [0.25, 0.3) is 0 Å². The number of aromatic nitrogens is 2. The van der Waals surface area contributed by atoms with E-state index in [0.717, 1.165) is 28.1 Å². The number of benzene rings is 4. The van der Waals surface area contributed by atoms with Crippen LogP contribution < -0.4 is 11.1 Å². The van der Waals surface area contributed by atoms with Crippen LogP contribution in [0.15, 0.2) is 79.1 Å². The van der Waals surface area contributed by atoms with Crippen molar-refractivity contribution in [3.05, 3.63) is 124 Å². The molecule has 0 bridgehead atoms. The number of nitrogens with zero attached hydrogens (tertiary/aromatic N) is 4. The SMILES string of the molecule is [C-]#[N+]c1ccc(N)c(Nc2ccc(C)c(C)c2)c1.[C-]#[N+]c1ccc2ncn(-c3ccc(C)c(C)c3)c2c1. The van der Waals surface area contributed by atoms with Gasteiger partial charge in [-0.25, -0.2) is 14.7 Å². The van der Waals surface area contributed by atoms with E-state index in [9.17, 15) is 0 Å². The van der Waals surface area contributed by atoms with Crippen molar-refractivity contribution in [1.29, 1.82) is 0 Å². The lowest BCUT2D eigenvalue weighted by molar-refractivity contribution is 1.08. The second-order valence-corrected chi connectivity index (χ2v) is 8.98. The number of aryl methyl sites for hydroxylation is 4. The number of rotatable bonds is 3. The molecule has 3 N–H and O–H groups in total. The third kappa shape index (κ3) is 5.61. The van der Waals surface area contributed by atoms with Crippen molar-refractivity contribution in [3.63, 3.8) is 0 Å². The number of imidazole rings is 1. The maximum Gasteiger partial charge on any atom is 0.189 e. The lowest BCUT2D eigenvalue weighted by Crippen LogP contribution is -1.96. The van der Waals surface area contributed by atoms with E-state index in [1.807, 2.05) is 29.1 Å². The third-order valence-electron chi connectivity index (χ3n) is 6.38. The highest BCUT2D eigenvalue weighted by Gasteiger charge is 2.06. The molecule has 0 aliphatic heterocycles. The minimum absolute atomic E-state index is 0.579. The number of hydrogen-bond acceptors (Lipinski definition) is 3. The zero-order valence-electron chi connectivity index (χ0n) is 21.4. The lowest BCUT2D eigenvalue weighted by atomic mass is 10.1. The maximum absolute atomic E-state index is 7.10. The first kappa shape index (κ1) is 25.0. The summed E-state index contributed by atoms with van der Waals surface area (Å²) in [5.41, 5.74) is 17.5. The van der Waals surface area contributed by atoms with E-state index in [2.05, 4.69) is 78.0 Å². The molecule has 0 fully saturated rings. The second-order valence-electron chi connectivity index (χ2n) is 8.98. The van der Waals surface area contributed by atoms with E-state index in [4.69, 9.17) is 18.9 Å². The molecule has 37 heavy (non-hydrogen) atoms. The number of hydrogen-bond donors (Lipinski definition) is 2. The molecule has 1 aromatic heterocycles. The van der Waals surface area contributed by atoms with Crippen molar-refractivity contribution in [2.75, 3.05) is 11.1 Å². The number of anilines is 3. The average Bonchev–Trinajstić information content (AvgIpc) is 3.33. The van der Waals surface area contributed by atoms with Crippen LogP contribution in [0.2, 0.25) is 0 Å². The Kier molecular flexibility index (Phi) is 7.23. The van der Waals surface area contributed by atoms with Crippen molar-refractivity contribution in [1.82, 2.24) is 9.55 Å². The van der Waals surface area contributed by atoms with Crippen LogP contribution in [-0.2, 0) is 0 Å². The van der Waals surface area contributed by atoms with Crippen LogP contribution in [0, 0.1) is 40.8 Å². The van der Waals surface area contributed by atoms with Crippen LogP contribution in [-0.4, -0.2) is 9.55 Å². The monoisotopic (exact) mass is 484 g/mol. The Labute approximate surface area is 217 Å². The van der Waals surface area contributed by atoms with Crippen LogP contribution in [0.3, 0.4) is 0 Å². The van der Waals surface area contributed by atoms with Gasteiger partial charge in [-0.1, -0.05) is 24.3 Å². The largest absolute Gasteiger partial charge is 0.397 e. The molecule has 6 heteroatoms. The van der Waals surface area contributed by atoms with Gasteiger partial charge in [0, 0.05) is 11.4 Å². The minimum atomic E-state index is 0.579. The van der Waals surface area contributed by atoms with Crippen LogP contribution >= 0.6 is 0 Å². The molecule has 0 radical (unpaired) electrons. The van der Waals surface area contributed by atoms with Gasteiger partial charge in [-0.15, -0.1) is 0 Å². The number of nitrogen functional groups attached to an aromatic ring is 1. The molecule has 6 nitrogen and oxygen atoms in total. The fourth-order valence-corrected chi connectivity index (χ4v) is 3.84. The van der Waals surface area contributed by atoms with E-state index < -0.39 is 0 Å². The maximum atomic E-state index is 7.10. The predicted octanol–water partition coefficient (Wildman–Crippen LogP) is 8.37. The Morgan fingerprint density at radius 3 is 2.05 bits per heavy atom. The van der Waals surface area contributed by atoms with Gasteiger partial charge in [-0.05, 0) is 98.5 Å². The molecule has 5 rings (SSSR count). The van der Waals surface area contributed by atoms with Gasteiger partial charge in [0.15, 0.2) is 11.4 Å². The van der Waals surface area contributed by atoms with Crippen LogP contribution in [0.25, 0.3) is 26.4 Å². The Morgan fingerprint density at radius 2 is 1.38 bits per heavy atom. The molecule has 0 aliphatic carbocycles. The smallest absolute Gasteiger partial charge is 0.189 e.